The molecule has 94 valence electrons. The van der Waals surface area contributed by atoms with E-state index >= 15 is 0 Å². The van der Waals surface area contributed by atoms with E-state index in [4.69, 9.17) is 5.73 Å². The van der Waals surface area contributed by atoms with Crippen LogP contribution in [0.15, 0.2) is 18.2 Å². The summed E-state index contributed by atoms with van der Waals surface area (Å²) in [5.74, 6) is -0.414. The van der Waals surface area contributed by atoms with E-state index < -0.39 is 0 Å². The number of nitrogens with one attached hydrogen (secondary N) is 1. The lowest BCUT2D eigenvalue weighted by atomic mass is 10.2. The summed E-state index contributed by atoms with van der Waals surface area (Å²) in [5, 5.41) is 2.54. The molecule has 0 spiro atoms. The van der Waals surface area contributed by atoms with Gasteiger partial charge in [0.05, 0.1) is 6.54 Å². The first-order valence-corrected chi connectivity index (χ1v) is 5.53. The number of carbonyl (C=O) groups excluding carboxylic acids is 1. The van der Waals surface area contributed by atoms with Crippen LogP contribution < -0.4 is 11.1 Å². The van der Waals surface area contributed by atoms with E-state index in [0.29, 0.717) is 24.3 Å². The van der Waals surface area contributed by atoms with Gasteiger partial charge in [0.25, 0.3) is 0 Å². The largest absolute Gasteiger partial charge is 0.399 e. The van der Waals surface area contributed by atoms with Crippen LogP contribution in [0.4, 0.5) is 10.1 Å². The molecular formula is C12H18FN3O. The molecule has 4 nitrogen and oxygen atoms in total. The molecule has 5 heteroatoms. The van der Waals surface area contributed by atoms with Crippen molar-refractivity contribution < 1.29 is 9.18 Å². The standard InChI is InChI=1S/C12H18FN3O/c1-3-16(8-12(17)15-2)7-9-4-5-10(14)6-11(9)13/h4-6H,3,7-8,14H2,1-2H3,(H,15,17). The fourth-order valence-corrected chi connectivity index (χ4v) is 1.49. The van der Waals surface area contributed by atoms with Gasteiger partial charge in [-0.2, -0.15) is 0 Å². The smallest absolute Gasteiger partial charge is 0.233 e. The number of amides is 1. The molecule has 0 saturated carbocycles. The van der Waals surface area contributed by atoms with Crippen molar-refractivity contribution in [2.24, 2.45) is 0 Å². The molecule has 0 saturated heterocycles. The Bertz CT molecular complexity index is 395. The summed E-state index contributed by atoms with van der Waals surface area (Å²) in [7, 11) is 1.58. The lowest BCUT2D eigenvalue weighted by Gasteiger charge is -2.19. The Hall–Kier alpha value is -1.62. The minimum Gasteiger partial charge on any atom is -0.399 e. The highest BCUT2D eigenvalue weighted by Gasteiger charge is 2.11. The molecule has 0 fully saturated rings. The maximum Gasteiger partial charge on any atom is 0.233 e. The van der Waals surface area contributed by atoms with E-state index in [1.165, 1.54) is 6.07 Å². The molecule has 0 aliphatic heterocycles. The molecule has 0 unspecified atom stereocenters. The van der Waals surface area contributed by atoms with Gasteiger partial charge in [0, 0.05) is 24.8 Å². The van der Waals surface area contributed by atoms with Gasteiger partial charge in [-0.15, -0.1) is 0 Å². The minimum absolute atomic E-state index is 0.0808. The first-order chi connectivity index (χ1) is 8.06. The van der Waals surface area contributed by atoms with Gasteiger partial charge in [-0.05, 0) is 18.7 Å². The number of hydrogen-bond acceptors (Lipinski definition) is 3. The molecular weight excluding hydrogens is 221 g/mol. The van der Waals surface area contributed by atoms with Crippen LogP contribution in [0.2, 0.25) is 0 Å². The van der Waals surface area contributed by atoms with Crippen LogP contribution in [0.25, 0.3) is 0 Å². The monoisotopic (exact) mass is 239 g/mol. The highest BCUT2D eigenvalue weighted by Crippen LogP contribution is 2.13. The third-order valence-corrected chi connectivity index (χ3v) is 2.56. The van der Waals surface area contributed by atoms with Gasteiger partial charge in [0.2, 0.25) is 5.91 Å². The summed E-state index contributed by atoms with van der Waals surface area (Å²) in [6.45, 7) is 3.27. The van der Waals surface area contributed by atoms with Gasteiger partial charge in [-0.25, -0.2) is 4.39 Å². The van der Waals surface area contributed by atoms with Crippen molar-refractivity contribution in [3.8, 4) is 0 Å². The van der Waals surface area contributed by atoms with E-state index in [-0.39, 0.29) is 18.3 Å². The Labute approximate surface area is 101 Å². The first-order valence-electron chi connectivity index (χ1n) is 5.53. The van der Waals surface area contributed by atoms with Gasteiger partial charge in [-0.1, -0.05) is 13.0 Å². The van der Waals surface area contributed by atoms with Crippen molar-refractivity contribution >= 4 is 11.6 Å². The number of benzene rings is 1. The van der Waals surface area contributed by atoms with E-state index in [1.54, 1.807) is 19.2 Å². The third-order valence-electron chi connectivity index (χ3n) is 2.56. The van der Waals surface area contributed by atoms with Crippen LogP contribution in [-0.4, -0.2) is 30.9 Å². The van der Waals surface area contributed by atoms with Crippen molar-refractivity contribution in [3.05, 3.63) is 29.6 Å². The lowest BCUT2D eigenvalue weighted by Crippen LogP contribution is -2.35. The molecule has 1 rings (SSSR count). The number of nitrogens with two attached hydrogens (primary N) is 1. The molecule has 1 aromatic rings. The minimum atomic E-state index is -0.333. The van der Waals surface area contributed by atoms with E-state index in [1.807, 2.05) is 11.8 Å². The Morgan fingerprint density at radius 1 is 1.53 bits per heavy atom. The number of nitrogens with zero attached hydrogens (tertiary/aromatic N) is 1. The van der Waals surface area contributed by atoms with Gasteiger partial charge in [0.1, 0.15) is 5.82 Å². The van der Waals surface area contributed by atoms with Crippen LogP contribution >= 0.6 is 0 Å². The topological polar surface area (TPSA) is 58.4 Å². The number of rotatable bonds is 5. The zero-order chi connectivity index (χ0) is 12.8. The summed E-state index contributed by atoms with van der Waals surface area (Å²) < 4.78 is 13.6. The van der Waals surface area contributed by atoms with Gasteiger partial charge in [0.15, 0.2) is 0 Å². The fourth-order valence-electron chi connectivity index (χ4n) is 1.49. The van der Waals surface area contributed by atoms with Gasteiger partial charge in [-0.3, -0.25) is 9.69 Å². The van der Waals surface area contributed by atoms with Crippen LogP contribution in [0.5, 0.6) is 0 Å². The first kappa shape index (κ1) is 13.4. The number of anilines is 1. The van der Waals surface area contributed by atoms with E-state index in [0.717, 1.165) is 0 Å². The number of nitrogen functional groups attached to an aromatic ring is 1. The summed E-state index contributed by atoms with van der Waals surface area (Å²) in [6, 6.07) is 4.60. The summed E-state index contributed by atoms with van der Waals surface area (Å²) in [5.41, 5.74) is 6.42. The van der Waals surface area contributed by atoms with Crippen molar-refractivity contribution in [3.63, 3.8) is 0 Å². The van der Waals surface area contributed by atoms with Crippen molar-refractivity contribution in [1.29, 1.82) is 0 Å². The highest BCUT2D eigenvalue weighted by molar-refractivity contribution is 5.77. The molecule has 3 N–H and O–H groups in total. The molecule has 0 aliphatic rings. The zero-order valence-electron chi connectivity index (χ0n) is 10.2. The molecule has 17 heavy (non-hydrogen) atoms. The Balaban J connectivity index is 2.70. The number of likely N-dealkylation sites (N-methyl/N-ethyl adjacent to an activating group) is 2. The number of halogens is 1. The zero-order valence-corrected chi connectivity index (χ0v) is 10.2. The third kappa shape index (κ3) is 4.03. The highest BCUT2D eigenvalue weighted by atomic mass is 19.1. The van der Waals surface area contributed by atoms with Crippen LogP contribution in [0.1, 0.15) is 12.5 Å². The predicted molar refractivity (Wildman–Crippen MR) is 65.8 cm³/mol. The number of hydrogen-bond donors (Lipinski definition) is 2. The van der Waals surface area contributed by atoms with Crippen molar-refractivity contribution in [2.45, 2.75) is 13.5 Å². The second-order valence-corrected chi connectivity index (χ2v) is 3.83. The van der Waals surface area contributed by atoms with Gasteiger partial charge < -0.3 is 11.1 Å². The molecule has 0 bridgehead atoms. The molecule has 0 atom stereocenters. The SMILES string of the molecule is CCN(CC(=O)NC)Cc1ccc(N)cc1F. The molecule has 0 aromatic heterocycles. The summed E-state index contributed by atoms with van der Waals surface area (Å²) >= 11 is 0. The normalized spacial score (nSPS) is 10.6. The lowest BCUT2D eigenvalue weighted by molar-refractivity contribution is -0.121. The Kier molecular flexibility index (Phi) is 4.90. The second kappa shape index (κ2) is 6.20. The predicted octanol–water partition coefficient (Wildman–Crippen LogP) is 0.976. The Morgan fingerprint density at radius 3 is 2.76 bits per heavy atom. The molecule has 1 aromatic carbocycles. The fraction of sp³-hybridized carbons (Fsp3) is 0.417. The maximum absolute atomic E-state index is 13.6. The van der Waals surface area contributed by atoms with Crippen molar-refractivity contribution in [2.75, 3.05) is 25.9 Å². The quantitative estimate of drug-likeness (QED) is 0.753. The van der Waals surface area contributed by atoms with E-state index in [2.05, 4.69) is 5.32 Å². The van der Waals surface area contributed by atoms with Gasteiger partial charge >= 0.3 is 0 Å². The van der Waals surface area contributed by atoms with Crippen LogP contribution in [-0.2, 0) is 11.3 Å². The molecule has 0 radical (unpaired) electrons. The molecule has 1 amide bonds. The second-order valence-electron chi connectivity index (χ2n) is 3.83. The summed E-state index contributed by atoms with van der Waals surface area (Å²) in [4.78, 5) is 13.1. The molecule has 0 heterocycles. The van der Waals surface area contributed by atoms with E-state index in [9.17, 15) is 9.18 Å². The molecule has 0 aliphatic carbocycles. The van der Waals surface area contributed by atoms with Crippen molar-refractivity contribution in [1.82, 2.24) is 10.2 Å². The maximum atomic E-state index is 13.6. The van der Waals surface area contributed by atoms with Crippen LogP contribution in [0.3, 0.4) is 0 Å². The average molecular weight is 239 g/mol. The summed E-state index contributed by atoms with van der Waals surface area (Å²) in [6.07, 6.45) is 0. The Morgan fingerprint density at radius 2 is 2.24 bits per heavy atom. The average Bonchev–Trinajstić information content (AvgIpc) is 2.31. The van der Waals surface area contributed by atoms with Crippen LogP contribution in [0, 0.1) is 5.82 Å². The number of carbonyl (C=O) groups is 1.